The van der Waals surface area contributed by atoms with Gasteiger partial charge in [-0.2, -0.15) is 0 Å². The lowest BCUT2D eigenvalue weighted by Gasteiger charge is -2.02. The lowest BCUT2D eigenvalue weighted by Crippen LogP contribution is -1.88. The average molecular weight is 247 g/mol. The predicted octanol–water partition coefficient (Wildman–Crippen LogP) is 2.81. The van der Waals surface area contributed by atoms with Crippen molar-refractivity contribution in [2.45, 2.75) is 19.8 Å². The van der Waals surface area contributed by atoms with Gasteiger partial charge in [-0.25, -0.2) is 0 Å². The Labute approximate surface area is 75.0 Å². The SMILES string of the molecule is CC(C)c1ccc(I)nc1. The summed E-state index contributed by atoms with van der Waals surface area (Å²) in [6, 6.07) is 4.16. The van der Waals surface area contributed by atoms with Gasteiger partial charge in [-0.1, -0.05) is 19.9 Å². The number of halogens is 1. The molecule has 0 saturated heterocycles. The van der Waals surface area contributed by atoms with Gasteiger partial charge >= 0.3 is 0 Å². The van der Waals surface area contributed by atoms with E-state index in [1.807, 2.05) is 12.3 Å². The maximum Gasteiger partial charge on any atom is 0.101 e. The molecule has 2 heteroatoms. The maximum atomic E-state index is 4.19. The third-order valence-corrected chi connectivity index (χ3v) is 2.06. The molecule has 0 aliphatic rings. The molecular weight excluding hydrogens is 237 g/mol. The Hall–Kier alpha value is -0.120. The number of hydrogen-bond acceptors (Lipinski definition) is 1. The molecule has 0 saturated carbocycles. The van der Waals surface area contributed by atoms with Gasteiger partial charge in [0.25, 0.3) is 0 Å². The van der Waals surface area contributed by atoms with Crippen molar-refractivity contribution in [1.29, 1.82) is 0 Å². The van der Waals surface area contributed by atoms with Crippen LogP contribution >= 0.6 is 22.6 Å². The van der Waals surface area contributed by atoms with Crippen molar-refractivity contribution >= 4 is 22.6 Å². The molecule has 0 amide bonds. The summed E-state index contributed by atoms with van der Waals surface area (Å²) in [5.41, 5.74) is 1.31. The van der Waals surface area contributed by atoms with Gasteiger partial charge in [-0.05, 0) is 40.1 Å². The van der Waals surface area contributed by atoms with Crippen LogP contribution in [0, 0.1) is 3.70 Å². The van der Waals surface area contributed by atoms with Crippen molar-refractivity contribution < 1.29 is 0 Å². The molecule has 1 heterocycles. The number of nitrogens with zero attached hydrogens (tertiary/aromatic N) is 1. The van der Waals surface area contributed by atoms with Crippen molar-refractivity contribution in [3.63, 3.8) is 0 Å². The zero-order chi connectivity index (χ0) is 7.56. The quantitative estimate of drug-likeness (QED) is 0.549. The largest absolute Gasteiger partial charge is 0.250 e. The van der Waals surface area contributed by atoms with Crippen molar-refractivity contribution in [3.05, 3.63) is 27.6 Å². The van der Waals surface area contributed by atoms with Gasteiger partial charge in [0, 0.05) is 6.20 Å². The molecule has 1 nitrogen and oxygen atoms in total. The normalized spacial score (nSPS) is 10.4. The van der Waals surface area contributed by atoms with Crippen LogP contribution in [0.1, 0.15) is 25.3 Å². The molecular formula is C8H10IN. The Balaban J connectivity index is 2.89. The minimum atomic E-state index is 0.587. The Morgan fingerprint density at radius 2 is 2.10 bits per heavy atom. The van der Waals surface area contributed by atoms with Crippen molar-refractivity contribution in [1.82, 2.24) is 4.98 Å². The molecule has 0 N–H and O–H groups in total. The summed E-state index contributed by atoms with van der Waals surface area (Å²) < 4.78 is 1.06. The predicted molar refractivity (Wildman–Crippen MR) is 51.0 cm³/mol. The van der Waals surface area contributed by atoms with Gasteiger partial charge in [0.1, 0.15) is 3.70 Å². The van der Waals surface area contributed by atoms with E-state index in [4.69, 9.17) is 0 Å². The van der Waals surface area contributed by atoms with Gasteiger partial charge in [-0.3, -0.25) is 4.98 Å². The monoisotopic (exact) mass is 247 g/mol. The number of pyridine rings is 1. The molecule has 1 aromatic rings. The van der Waals surface area contributed by atoms with E-state index in [0.717, 1.165) is 3.70 Å². The van der Waals surface area contributed by atoms with E-state index in [-0.39, 0.29) is 0 Å². The molecule has 0 bridgehead atoms. The van der Waals surface area contributed by atoms with Crippen LogP contribution in [-0.4, -0.2) is 4.98 Å². The fourth-order valence-electron chi connectivity index (χ4n) is 0.729. The summed E-state index contributed by atoms with van der Waals surface area (Å²) in [5, 5.41) is 0. The number of rotatable bonds is 1. The highest BCUT2D eigenvalue weighted by molar-refractivity contribution is 14.1. The van der Waals surface area contributed by atoms with E-state index >= 15 is 0 Å². The Morgan fingerprint density at radius 3 is 2.50 bits per heavy atom. The van der Waals surface area contributed by atoms with E-state index < -0.39 is 0 Å². The van der Waals surface area contributed by atoms with Gasteiger partial charge in [0.15, 0.2) is 0 Å². The Morgan fingerprint density at radius 1 is 1.40 bits per heavy atom. The summed E-state index contributed by atoms with van der Waals surface area (Å²) in [7, 11) is 0. The topological polar surface area (TPSA) is 12.9 Å². The first-order valence-electron chi connectivity index (χ1n) is 3.31. The van der Waals surface area contributed by atoms with Crippen LogP contribution in [0.2, 0.25) is 0 Å². The molecule has 0 fully saturated rings. The third kappa shape index (κ3) is 1.94. The van der Waals surface area contributed by atoms with Crippen LogP contribution in [0.4, 0.5) is 0 Å². The number of hydrogen-bond donors (Lipinski definition) is 0. The van der Waals surface area contributed by atoms with Crippen LogP contribution in [0.5, 0.6) is 0 Å². The minimum absolute atomic E-state index is 0.587. The maximum absolute atomic E-state index is 4.19. The second-order valence-corrected chi connectivity index (χ2v) is 3.67. The lowest BCUT2D eigenvalue weighted by molar-refractivity contribution is 0.856. The van der Waals surface area contributed by atoms with Crippen molar-refractivity contribution in [2.75, 3.05) is 0 Å². The van der Waals surface area contributed by atoms with Gasteiger partial charge in [0.05, 0.1) is 0 Å². The van der Waals surface area contributed by atoms with E-state index in [1.165, 1.54) is 5.56 Å². The summed E-state index contributed by atoms with van der Waals surface area (Å²) in [6.07, 6.45) is 1.94. The van der Waals surface area contributed by atoms with Crippen LogP contribution < -0.4 is 0 Å². The smallest absolute Gasteiger partial charge is 0.101 e. The zero-order valence-electron chi connectivity index (χ0n) is 6.13. The first-order valence-corrected chi connectivity index (χ1v) is 4.39. The van der Waals surface area contributed by atoms with Crippen LogP contribution in [0.3, 0.4) is 0 Å². The molecule has 0 radical (unpaired) electrons. The standard InChI is InChI=1S/C8H10IN/c1-6(2)7-3-4-8(9)10-5-7/h3-6H,1-2H3. The molecule has 0 aliphatic carbocycles. The fourth-order valence-corrected chi connectivity index (χ4v) is 1.05. The molecule has 0 atom stereocenters. The van der Waals surface area contributed by atoms with Gasteiger partial charge in [0.2, 0.25) is 0 Å². The summed E-state index contributed by atoms with van der Waals surface area (Å²) >= 11 is 2.21. The van der Waals surface area contributed by atoms with Crippen molar-refractivity contribution in [3.8, 4) is 0 Å². The summed E-state index contributed by atoms with van der Waals surface area (Å²) in [4.78, 5) is 4.19. The first kappa shape index (κ1) is 7.98. The second kappa shape index (κ2) is 3.32. The van der Waals surface area contributed by atoms with Crippen LogP contribution in [0.25, 0.3) is 0 Å². The Kier molecular flexibility index (Phi) is 2.65. The summed E-state index contributed by atoms with van der Waals surface area (Å²) in [5.74, 6) is 0.587. The average Bonchev–Trinajstić information content (AvgIpc) is 1.88. The van der Waals surface area contributed by atoms with E-state index in [0.29, 0.717) is 5.92 Å². The van der Waals surface area contributed by atoms with Gasteiger partial charge < -0.3 is 0 Å². The molecule has 1 aromatic heterocycles. The van der Waals surface area contributed by atoms with E-state index in [1.54, 1.807) is 0 Å². The highest BCUT2D eigenvalue weighted by Gasteiger charge is 1.96. The van der Waals surface area contributed by atoms with Crippen molar-refractivity contribution in [2.24, 2.45) is 0 Å². The second-order valence-electron chi connectivity index (χ2n) is 2.57. The summed E-state index contributed by atoms with van der Waals surface area (Å²) in [6.45, 7) is 4.34. The van der Waals surface area contributed by atoms with E-state index in [2.05, 4.69) is 47.5 Å². The van der Waals surface area contributed by atoms with E-state index in [9.17, 15) is 0 Å². The van der Waals surface area contributed by atoms with Crippen LogP contribution in [0.15, 0.2) is 18.3 Å². The van der Waals surface area contributed by atoms with Crippen LogP contribution in [-0.2, 0) is 0 Å². The first-order chi connectivity index (χ1) is 4.70. The Bertz CT molecular complexity index is 203. The fraction of sp³-hybridized carbons (Fsp3) is 0.375. The lowest BCUT2D eigenvalue weighted by atomic mass is 10.1. The van der Waals surface area contributed by atoms with Gasteiger partial charge in [-0.15, -0.1) is 0 Å². The molecule has 54 valence electrons. The molecule has 1 rings (SSSR count). The highest BCUT2D eigenvalue weighted by atomic mass is 127. The molecule has 0 aliphatic heterocycles. The molecule has 10 heavy (non-hydrogen) atoms. The third-order valence-electron chi connectivity index (χ3n) is 1.42. The molecule has 0 unspecified atom stereocenters. The molecule has 0 spiro atoms. The minimum Gasteiger partial charge on any atom is -0.250 e. The molecule has 0 aromatic carbocycles. The highest BCUT2D eigenvalue weighted by Crippen LogP contribution is 2.12. The number of aromatic nitrogens is 1. The zero-order valence-corrected chi connectivity index (χ0v) is 8.29.